The van der Waals surface area contributed by atoms with E-state index in [2.05, 4.69) is 19.9 Å². The van der Waals surface area contributed by atoms with E-state index in [4.69, 9.17) is 9.47 Å². The van der Waals surface area contributed by atoms with Crippen LogP contribution in [-0.4, -0.2) is 41.4 Å². The van der Waals surface area contributed by atoms with E-state index >= 15 is 0 Å². The first-order chi connectivity index (χ1) is 15.7. The zero-order valence-corrected chi connectivity index (χ0v) is 22.4. The van der Waals surface area contributed by atoms with Crippen LogP contribution in [0.4, 0.5) is 0 Å². The van der Waals surface area contributed by atoms with Crippen molar-refractivity contribution in [3.05, 3.63) is 34.9 Å². The first kappa shape index (κ1) is 26.7. The van der Waals surface area contributed by atoms with E-state index in [1.165, 1.54) is 0 Å². The minimum absolute atomic E-state index is 0.126. The van der Waals surface area contributed by atoms with Crippen LogP contribution < -0.4 is 9.47 Å². The van der Waals surface area contributed by atoms with Crippen molar-refractivity contribution in [3.63, 3.8) is 0 Å². The summed E-state index contributed by atoms with van der Waals surface area (Å²) < 4.78 is 11.1. The lowest BCUT2D eigenvalue weighted by Crippen LogP contribution is -2.60. The highest BCUT2D eigenvalue weighted by atomic mass is 16.5. The van der Waals surface area contributed by atoms with Crippen molar-refractivity contribution in [1.82, 2.24) is 0 Å². The number of carbonyl (C=O) groups excluding carboxylic acids is 1. The standard InChI is InChI=1S/C29H44O5/c1-19(10-11-21-15-22(33-7)14-20(2)24(21)34-8)16-29(32)18-27(5)12-9-13-28(27,6)25(30)23(29)17-26(3,4)31/h10,14-15,23,31-32H,9,11-13,16-18H2,1-8H3. The summed E-state index contributed by atoms with van der Waals surface area (Å²) in [6, 6.07) is 3.94. The molecule has 0 aromatic heterocycles. The van der Waals surface area contributed by atoms with Crippen LogP contribution in [0, 0.1) is 23.7 Å². The number of methoxy groups -OCH3 is 2. The number of aliphatic hydroxyl groups is 2. The fraction of sp³-hybridized carbons (Fsp3) is 0.690. The maximum Gasteiger partial charge on any atom is 0.145 e. The molecular weight excluding hydrogens is 428 g/mol. The third kappa shape index (κ3) is 4.92. The number of fused-ring (bicyclic) bond motifs is 1. The van der Waals surface area contributed by atoms with E-state index in [9.17, 15) is 15.0 Å². The molecule has 190 valence electrons. The first-order valence-corrected chi connectivity index (χ1v) is 12.5. The van der Waals surface area contributed by atoms with Gasteiger partial charge in [0, 0.05) is 11.0 Å². The predicted octanol–water partition coefficient (Wildman–Crippen LogP) is 5.57. The summed E-state index contributed by atoms with van der Waals surface area (Å²) in [6.07, 6.45) is 6.85. The Hall–Kier alpha value is -1.85. The van der Waals surface area contributed by atoms with Crippen molar-refractivity contribution in [2.24, 2.45) is 16.7 Å². The molecule has 2 aliphatic rings. The van der Waals surface area contributed by atoms with E-state index in [1.54, 1.807) is 28.1 Å². The molecule has 2 saturated carbocycles. The summed E-state index contributed by atoms with van der Waals surface area (Å²) >= 11 is 0. The fourth-order valence-corrected chi connectivity index (χ4v) is 6.72. The molecule has 0 aliphatic heterocycles. The topological polar surface area (TPSA) is 76.0 Å². The van der Waals surface area contributed by atoms with E-state index in [0.29, 0.717) is 19.3 Å². The van der Waals surface area contributed by atoms with Gasteiger partial charge in [0.05, 0.1) is 31.3 Å². The van der Waals surface area contributed by atoms with Crippen LogP contribution in [0.2, 0.25) is 0 Å². The SMILES string of the molecule is COc1cc(C)c(OC)c(CC=C(C)CC2(O)CC3(C)CCCC3(C)C(=O)C2CC(C)(C)O)c1. The number of aryl methyl sites for hydroxylation is 1. The molecule has 2 fully saturated rings. The number of hydrogen-bond donors (Lipinski definition) is 2. The van der Waals surface area contributed by atoms with Gasteiger partial charge in [0.15, 0.2) is 0 Å². The molecule has 0 bridgehead atoms. The number of carbonyl (C=O) groups is 1. The molecule has 0 radical (unpaired) electrons. The molecule has 1 aromatic rings. The van der Waals surface area contributed by atoms with Gasteiger partial charge >= 0.3 is 0 Å². The highest BCUT2D eigenvalue weighted by Gasteiger charge is 2.64. The normalized spacial score (nSPS) is 32.0. The van der Waals surface area contributed by atoms with E-state index in [1.807, 2.05) is 26.0 Å². The second kappa shape index (κ2) is 9.31. The van der Waals surface area contributed by atoms with E-state index in [-0.39, 0.29) is 17.6 Å². The minimum Gasteiger partial charge on any atom is -0.497 e. The average Bonchev–Trinajstić information content (AvgIpc) is 3.03. The molecule has 0 heterocycles. The number of hydrogen-bond acceptors (Lipinski definition) is 5. The van der Waals surface area contributed by atoms with Gasteiger partial charge in [-0.25, -0.2) is 0 Å². The highest BCUT2D eigenvalue weighted by molar-refractivity contribution is 5.90. The van der Waals surface area contributed by atoms with Crippen molar-refractivity contribution < 1.29 is 24.5 Å². The van der Waals surface area contributed by atoms with Crippen LogP contribution in [0.3, 0.4) is 0 Å². The summed E-state index contributed by atoms with van der Waals surface area (Å²) in [5, 5.41) is 22.7. The quantitative estimate of drug-likeness (QED) is 0.484. The van der Waals surface area contributed by atoms with Crippen molar-refractivity contribution in [1.29, 1.82) is 0 Å². The first-order valence-electron chi connectivity index (χ1n) is 12.5. The second-order valence-electron chi connectivity index (χ2n) is 12.0. The summed E-state index contributed by atoms with van der Waals surface area (Å²) in [4.78, 5) is 13.9. The molecule has 5 nitrogen and oxygen atoms in total. The number of Topliss-reactive ketones (excluding diaryl/α,β-unsaturated/α-hetero) is 1. The number of ketones is 1. The van der Waals surface area contributed by atoms with Crippen LogP contribution in [0.25, 0.3) is 0 Å². The molecule has 4 atom stereocenters. The molecule has 2 N–H and O–H groups in total. The monoisotopic (exact) mass is 472 g/mol. The third-order valence-corrected chi connectivity index (χ3v) is 8.67. The van der Waals surface area contributed by atoms with Gasteiger partial charge in [-0.3, -0.25) is 4.79 Å². The Morgan fingerprint density at radius 3 is 2.47 bits per heavy atom. The molecule has 4 unspecified atom stereocenters. The maximum absolute atomic E-state index is 13.9. The van der Waals surface area contributed by atoms with Gasteiger partial charge in [0.25, 0.3) is 0 Å². The summed E-state index contributed by atoms with van der Waals surface area (Å²) in [5.41, 5.74) is 0.210. The molecule has 5 heteroatoms. The maximum atomic E-state index is 13.9. The van der Waals surface area contributed by atoms with Gasteiger partial charge in [-0.05, 0) is 89.3 Å². The lowest BCUT2D eigenvalue weighted by molar-refractivity contribution is -0.175. The Labute approximate surface area is 205 Å². The minimum atomic E-state index is -1.18. The zero-order valence-electron chi connectivity index (χ0n) is 22.4. The predicted molar refractivity (Wildman–Crippen MR) is 135 cm³/mol. The van der Waals surface area contributed by atoms with Gasteiger partial charge in [0.1, 0.15) is 17.3 Å². The average molecular weight is 473 g/mol. The Morgan fingerprint density at radius 1 is 1.21 bits per heavy atom. The number of ether oxygens (including phenoxy) is 2. The van der Waals surface area contributed by atoms with Crippen molar-refractivity contribution in [3.8, 4) is 11.5 Å². The highest BCUT2D eigenvalue weighted by Crippen LogP contribution is 2.63. The van der Waals surface area contributed by atoms with E-state index < -0.39 is 22.5 Å². The summed E-state index contributed by atoms with van der Waals surface area (Å²) in [5.74, 6) is 1.17. The lowest BCUT2D eigenvalue weighted by Gasteiger charge is -2.55. The molecule has 0 saturated heterocycles. The molecule has 34 heavy (non-hydrogen) atoms. The van der Waals surface area contributed by atoms with Gasteiger partial charge in [-0.15, -0.1) is 0 Å². The van der Waals surface area contributed by atoms with Crippen molar-refractivity contribution in [2.75, 3.05) is 14.2 Å². The Kier molecular flexibility index (Phi) is 7.32. The van der Waals surface area contributed by atoms with Gasteiger partial charge in [0.2, 0.25) is 0 Å². The molecular formula is C29H44O5. The van der Waals surface area contributed by atoms with Crippen LogP contribution in [-0.2, 0) is 11.2 Å². The number of allylic oxidation sites excluding steroid dienone is 1. The molecule has 1 aromatic carbocycles. The van der Waals surface area contributed by atoms with Gasteiger partial charge in [-0.2, -0.15) is 0 Å². The Balaban J connectivity index is 1.91. The molecule has 3 rings (SSSR count). The second-order valence-corrected chi connectivity index (χ2v) is 12.0. The number of benzene rings is 1. The fourth-order valence-electron chi connectivity index (χ4n) is 6.72. The van der Waals surface area contributed by atoms with Crippen LogP contribution >= 0.6 is 0 Å². The lowest BCUT2D eigenvalue weighted by atomic mass is 9.50. The summed E-state index contributed by atoms with van der Waals surface area (Å²) in [6.45, 7) is 11.7. The smallest absolute Gasteiger partial charge is 0.145 e. The van der Waals surface area contributed by atoms with E-state index in [0.717, 1.165) is 47.5 Å². The largest absolute Gasteiger partial charge is 0.497 e. The van der Waals surface area contributed by atoms with Crippen LogP contribution in [0.1, 0.15) is 84.3 Å². The Morgan fingerprint density at radius 2 is 1.88 bits per heavy atom. The molecule has 0 spiro atoms. The van der Waals surface area contributed by atoms with Crippen LogP contribution in [0.15, 0.2) is 23.8 Å². The Bertz CT molecular complexity index is 958. The van der Waals surface area contributed by atoms with Gasteiger partial charge < -0.3 is 19.7 Å². The van der Waals surface area contributed by atoms with Crippen molar-refractivity contribution in [2.45, 2.75) is 97.7 Å². The van der Waals surface area contributed by atoms with Gasteiger partial charge in [-0.1, -0.05) is 31.9 Å². The van der Waals surface area contributed by atoms with Crippen molar-refractivity contribution >= 4 is 5.78 Å². The summed E-state index contributed by atoms with van der Waals surface area (Å²) in [7, 11) is 3.33. The molecule has 2 aliphatic carbocycles. The number of rotatable bonds is 8. The third-order valence-electron chi connectivity index (χ3n) is 8.67. The van der Waals surface area contributed by atoms with Crippen LogP contribution in [0.5, 0.6) is 11.5 Å². The molecule has 0 amide bonds. The zero-order chi connectivity index (χ0) is 25.5.